The number of benzene rings is 1. The first-order valence-corrected chi connectivity index (χ1v) is 6.24. The lowest BCUT2D eigenvalue weighted by atomic mass is 10.2. The van der Waals surface area contributed by atoms with Gasteiger partial charge in [0.25, 0.3) is 0 Å². The summed E-state index contributed by atoms with van der Waals surface area (Å²) in [5.41, 5.74) is 0.417. The molecule has 0 fully saturated rings. The van der Waals surface area contributed by atoms with Crippen molar-refractivity contribution in [3.8, 4) is 6.07 Å². The molecule has 0 bridgehead atoms. The maximum atomic E-state index is 11.8. The second-order valence-corrected chi connectivity index (χ2v) is 5.21. The Morgan fingerprint density at radius 1 is 1.25 bits per heavy atom. The minimum Gasteiger partial charge on any atom is -0.255 e. The highest BCUT2D eigenvalue weighted by Crippen LogP contribution is 2.21. The van der Waals surface area contributed by atoms with E-state index in [1.807, 2.05) is 0 Å². The van der Waals surface area contributed by atoms with Crippen molar-refractivity contribution in [1.29, 1.82) is 5.26 Å². The van der Waals surface area contributed by atoms with Crippen molar-refractivity contribution in [1.82, 2.24) is 4.98 Å². The SMILES string of the molecule is N#CCS(=O)(=O)c1cccc2cccnc12. The Kier molecular flexibility index (Phi) is 2.59. The summed E-state index contributed by atoms with van der Waals surface area (Å²) in [5.74, 6) is -0.525. The van der Waals surface area contributed by atoms with Crippen molar-refractivity contribution >= 4 is 20.7 Å². The molecule has 16 heavy (non-hydrogen) atoms. The second kappa shape index (κ2) is 3.91. The molecule has 0 aliphatic rings. The molecule has 0 amide bonds. The third-order valence-electron chi connectivity index (χ3n) is 2.19. The maximum absolute atomic E-state index is 11.8. The fraction of sp³-hybridized carbons (Fsp3) is 0.0909. The smallest absolute Gasteiger partial charge is 0.193 e. The summed E-state index contributed by atoms with van der Waals surface area (Å²) >= 11 is 0. The van der Waals surface area contributed by atoms with Crippen LogP contribution in [0.5, 0.6) is 0 Å². The number of nitrogens with zero attached hydrogens (tertiary/aromatic N) is 2. The van der Waals surface area contributed by atoms with Crippen LogP contribution >= 0.6 is 0 Å². The van der Waals surface area contributed by atoms with Crippen molar-refractivity contribution in [2.45, 2.75) is 4.90 Å². The summed E-state index contributed by atoms with van der Waals surface area (Å²) in [6, 6.07) is 10.1. The molecule has 1 heterocycles. The van der Waals surface area contributed by atoms with Gasteiger partial charge in [0.1, 0.15) is 5.75 Å². The summed E-state index contributed by atoms with van der Waals surface area (Å²) in [7, 11) is -3.56. The Bertz CT molecular complexity index is 666. The van der Waals surface area contributed by atoms with E-state index in [1.54, 1.807) is 30.3 Å². The number of hydrogen-bond acceptors (Lipinski definition) is 4. The number of para-hydroxylation sites is 1. The summed E-state index contributed by atoms with van der Waals surface area (Å²) in [6.45, 7) is 0. The molecule has 0 aliphatic heterocycles. The predicted octanol–water partition coefficient (Wildman–Crippen LogP) is 1.53. The molecule has 0 aliphatic carbocycles. The van der Waals surface area contributed by atoms with Gasteiger partial charge in [-0.05, 0) is 12.1 Å². The van der Waals surface area contributed by atoms with Crippen LogP contribution in [0.15, 0.2) is 41.4 Å². The molecule has 0 saturated carbocycles. The van der Waals surface area contributed by atoms with Crippen molar-refractivity contribution in [2.75, 3.05) is 5.75 Å². The van der Waals surface area contributed by atoms with E-state index >= 15 is 0 Å². The number of nitriles is 1. The van der Waals surface area contributed by atoms with Crippen molar-refractivity contribution < 1.29 is 8.42 Å². The van der Waals surface area contributed by atoms with Crippen LogP contribution in [0.2, 0.25) is 0 Å². The largest absolute Gasteiger partial charge is 0.255 e. The van der Waals surface area contributed by atoms with Crippen molar-refractivity contribution in [2.24, 2.45) is 0 Å². The Hall–Kier alpha value is -1.93. The number of pyridine rings is 1. The van der Waals surface area contributed by atoms with E-state index in [1.165, 1.54) is 12.3 Å². The summed E-state index contributed by atoms with van der Waals surface area (Å²) in [5, 5.41) is 9.24. The first-order valence-electron chi connectivity index (χ1n) is 4.58. The zero-order valence-electron chi connectivity index (χ0n) is 8.29. The van der Waals surface area contributed by atoms with Gasteiger partial charge in [-0.15, -0.1) is 0 Å². The lowest BCUT2D eigenvalue weighted by molar-refractivity contribution is 0.600. The number of aromatic nitrogens is 1. The molecule has 0 saturated heterocycles. The molecule has 0 N–H and O–H groups in total. The average Bonchev–Trinajstić information content (AvgIpc) is 2.28. The monoisotopic (exact) mass is 232 g/mol. The van der Waals surface area contributed by atoms with Crippen LogP contribution in [0.3, 0.4) is 0 Å². The Morgan fingerprint density at radius 3 is 2.75 bits per heavy atom. The van der Waals surface area contributed by atoms with Gasteiger partial charge in [-0.25, -0.2) is 8.42 Å². The molecule has 5 heteroatoms. The molecule has 2 rings (SSSR count). The fourth-order valence-corrected chi connectivity index (χ4v) is 2.57. The highest BCUT2D eigenvalue weighted by molar-refractivity contribution is 7.91. The van der Waals surface area contributed by atoms with Gasteiger partial charge in [0, 0.05) is 11.6 Å². The normalized spacial score (nSPS) is 11.2. The molecule has 0 radical (unpaired) electrons. The quantitative estimate of drug-likeness (QED) is 0.787. The Balaban J connectivity index is 2.76. The van der Waals surface area contributed by atoms with Crippen LogP contribution in [-0.2, 0) is 9.84 Å². The van der Waals surface area contributed by atoms with Gasteiger partial charge in [0.2, 0.25) is 0 Å². The Labute approximate surface area is 93.1 Å². The molecular weight excluding hydrogens is 224 g/mol. The van der Waals surface area contributed by atoms with Gasteiger partial charge >= 0.3 is 0 Å². The highest BCUT2D eigenvalue weighted by Gasteiger charge is 2.17. The van der Waals surface area contributed by atoms with Gasteiger partial charge in [0.05, 0.1) is 16.5 Å². The lowest BCUT2D eigenvalue weighted by Crippen LogP contribution is -2.06. The van der Waals surface area contributed by atoms with Gasteiger partial charge in [-0.2, -0.15) is 5.26 Å². The third kappa shape index (κ3) is 1.75. The first kappa shape index (κ1) is 10.6. The van der Waals surface area contributed by atoms with E-state index in [0.717, 1.165) is 5.39 Å². The minimum absolute atomic E-state index is 0.118. The fourth-order valence-electron chi connectivity index (χ4n) is 1.49. The number of fused-ring (bicyclic) bond motifs is 1. The third-order valence-corrected chi connectivity index (χ3v) is 3.69. The van der Waals surface area contributed by atoms with E-state index in [9.17, 15) is 8.42 Å². The van der Waals surface area contributed by atoms with Crippen LogP contribution in [-0.4, -0.2) is 19.2 Å². The van der Waals surface area contributed by atoms with Crippen LogP contribution in [0.25, 0.3) is 10.9 Å². The van der Waals surface area contributed by atoms with Crippen LogP contribution in [0.4, 0.5) is 0 Å². The van der Waals surface area contributed by atoms with Crippen molar-refractivity contribution in [3.05, 3.63) is 36.5 Å². The molecule has 1 aromatic heterocycles. The number of rotatable bonds is 2. The van der Waals surface area contributed by atoms with Gasteiger partial charge in [-0.1, -0.05) is 18.2 Å². The van der Waals surface area contributed by atoms with E-state index in [2.05, 4.69) is 4.98 Å². The van der Waals surface area contributed by atoms with Gasteiger partial charge in [-0.3, -0.25) is 4.98 Å². The second-order valence-electron chi connectivity index (χ2n) is 3.25. The molecule has 0 spiro atoms. The topological polar surface area (TPSA) is 70.8 Å². The molecule has 0 atom stereocenters. The molecule has 1 aromatic carbocycles. The molecule has 0 unspecified atom stereocenters. The average molecular weight is 232 g/mol. The van der Waals surface area contributed by atoms with Crippen LogP contribution < -0.4 is 0 Å². The predicted molar refractivity (Wildman–Crippen MR) is 59.4 cm³/mol. The van der Waals surface area contributed by atoms with E-state index < -0.39 is 15.6 Å². The van der Waals surface area contributed by atoms with E-state index in [0.29, 0.717) is 5.52 Å². The van der Waals surface area contributed by atoms with Gasteiger partial charge < -0.3 is 0 Å². The van der Waals surface area contributed by atoms with E-state index in [-0.39, 0.29) is 4.90 Å². The van der Waals surface area contributed by atoms with E-state index in [4.69, 9.17) is 5.26 Å². The standard InChI is InChI=1S/C11H8N2O2S/c12-6-8-16(14,15)10-5-1-3-9-4-2-7-13-11(9)10/h1-5,7H,8H2. The number of sulfone groups is 1. The zero-order chi connectivity index (χ0) is 11.6. The summed E-state index contributed by atoms with van der Waals surface area (Å²) < 4.78 is 23.6. The van der Waals surface area contributed by atoms with Gasteiger partial charge in [0.15, 0.2) is 9.84 Å². The zero-order valence-corrected chi connectivity index (χ0v) is 9.11. The minimum atomic E-state index is -3.56. The molecular formula is C11H8N2O2S. The highest BCUT2D eigenvalue weighted by atomic mass is 32.2. The number of hydrogen-bond donors (Lipinski definition) is 0. The van der Waals surface area contributed by atoms with Crippen LogP contribution in [0.1, 0.15) is 0 Å². The summed E-state index contributed by atoms with van der Waals surface area (Å²) in [4.78, 5) is 4.16. The lowest BCUT2D eigenvalue weighted by Gasteiger charge is -2.03. The van der Waals surface area contributed by atoms with Crippen LogP contribution in [0, 0.1) is 11.3 Å². The molecule has 2 aromatic rings. The first-order chi connectivity index (χ1) is 7.65. The van der Waals surface area contributed by atoms with Crippen molar-refractivity contribution in [3.63, 3.8) is 0 Å². The maximum Gasteiger partial charge on any atom is 0.193 e. The molecule has 4 nitrogen and oxygen atoms in total. The molecule has 80 valence electrons. The summed E-state index contributed by atoms with van der Waals surface area (Å²) in [6.07, 6.45) is 1.54. The Morgan fingerprint density at radius 2 is 2.00 bits per heavy atom.